The topological polar surface area (TPSA) is 15.3 Å². The molecule has 0 amide bonds. The summed E-state index contributed by atoms with van der Waals surface area (Å²) >= 11 is 0. The molecule has 1 aliphatic heterocycles. The second-order valence-electron chi connectivity index (χ2n) is 4.92. The van der Waals surface area contributed by atoms with Crippen molar-refractivity contribution in [2.75, 3.05) is 13.1 Å². The minimum Gasteiger partial charge on any atom is -0.311 e. The van der Waals surface area contributed by atoms with Gasteiger partial charge in [0.05, 0.1) is 0 Å². The molecular formula is C13H28N2. The van der Waals surface area contributed by atoms with E-state index < -0.39 is 0 Å². The van der Waals surface area contributed by atoms with Crippen molar-refractivity contribution in [3.8, 4) is 0 Å². The first-order valence-electron chi connectivity index (χ1n) is 6.71. The summed E-state index contributed by atoms with van der Waals surface area (Å²) in [7, 11) is 0. The summed E-state index contributed by atoms with van der Waals surface area (Å²) in [6.45, 7) is 11.7. The van der Waals surface area contributed by atoms with Crippen molar-refractivity contribution in [2.24, 2.45) is 0 Å². The third kappa shape index (κ3) is 3.46. The van der Waals surface area contributed by atoms with Crippen molar-refractivity contribution in [3.63, 3.8) is 0 Å². The largest absolute Gasteiger partial charge is 0.311 e. The molecule has 2 unspecified atom stereocenters. The fourth-order valence-corrected chi connectivity index (χ4v) is 2.79. The Morgan fingerprint density at radius 2 is 1.93 bits per heavy atom. The van der Waals surface area contributed by atoms with Crippen molar-refractivity contribution in [1.29, 1.82) is 0 Å². The van der Waals surface area contributed by atoms with E-state index in [0.717, 1.165) is 12.1 Å². The number of hydrogen-bond acceptors (Lipinski definition) is 2. The van der Waals surface area contributed by atoms with Crippen molar-refractivity contribution in [1.82, 2.24) is 10.2 Å². The van der Waals surface area contributed by atoms with Gasteiger partial charge in [0, 0.05) is 31.2 Å². The highest BCUT2D eigenvalue weighted by molar-refractivity contribution is 4.87. The zero-order valence-corrected chi connectivity index (χ0v) is 10.9. The quantitative estimate of drug-likeness (QED) is 0.753. The van der Waals surface area contributed by atoms with Gasteiger partial charge in [-0.3, -0.25) is 4.90 Å². The van der Waals surface area contributed by atoms with E-state index in [9.17, 15) is 0 Å². The number of hydrogen-bond donors (Lipinski definition) is 1. The predicted octanol–water partition coefficient (Wildman–Crippen LogP) is 2.64. The zero-order valence-electron chi connectivity index (χ0n) is 10.9. The SMILES string of the molecule is CCCC1CNC(C)CN1C(CC)CC. The van der Waals surface area contributed by atoms with Crippen LogP contribution in [0.25, 0.3) is 0 Å². The van der Waals surface area contributed by atoms with Crippen LogP contribution in [0.1, 0.15) is 53.4 Å². The second-order valence-corrected chi connectivity index (χ2v) is 4.92. The molecule has 0 aromatic heterocycles. The van der Waals surface area contributed by atoms with Crippen LogP contribution < -0.4 is 5.32 Å². The molecule has 90 valence electrons. The summed E-state index contributed by atoms with van der Waals surface area (Å²) in [6.07, 6.45) is 5.24. The van der Waals surface area contributed by atoms with Crippen LogP contribution in [0.5, 0.6) is 0 Å². The highest BCUT2D eigenvalue weighted by atomic mass is 15.2. The molecule has 0 spiro atoms. The third-order valence-electron chi connectivity index (χ3n) is 3.69. The van der Waals surface area contributed by atoms with E-state index in [2.05, 4.69) is 37.9 Å². The first-order chi connectivity index (χ1) is 7.22. The molecule has 0 aromatic carbocycles. The Kier molecular flexibility index (Phi) is 5.62. The van der Waals surface area contributed by atoms with E-state index >= 15 is 0 Å². The van der Waals surface area contributed by atoms with Crippen LogP contribution in [0.3, 0.4) is 0 Å². The molecule has 0 aromatic rings. The Morgan fingerprint density at radius 1 is 1.27 bits per heavy atom. The molecule has 1 rings (SSSR count). The third-order valence-corrected chi connectivity index (χ3v) is 3.69. The summed E-state index contributed by atoms with van der Waals surface area (Å²) in [6, 6.07) is 2.24. The summed E-state index contributed by atoms with van der Waals surface area (Å²) in [5.74, 6) is 0. The smallest absolute Gasteiger partial charge is 0.0224 e. The molecule has 1 saturated heterocycles. The summed E-state index contributed by atoms with van der Waals surface area (Å²) in [4.78, 5) is 2.75. The molecule has 1 aliphatic rings. The Bertz CT molecular complexity index is 166. The lowest BCUT2D eigenvalue weighted by Crippen LogP contribution is -2.58. The molecule has 0 saturated carbocycles. The van der Waals surface area contributed by atoms with Gasteiger partial charge in [0.1, 0.15) is 0 Å². The van der Waals surface area contributed by atoms with Gasteiger partial charge in [-0.05, 0) is 26.2 Å². The van der Waals surface area contributed by atoms with Crippen molar-refractivity contribution >= 4 is 0 Å². The van der Waals surface area contributed by atoms with Crippen molar-refractivity contribution < 1.29 is 0 Å². The molecule has 2 atom stereocenters. The minimum absolute atomic E-state index is 0.665. The molecule has 0 radical (unpaired) electrons. The summed E-state index contributed by atoms with van der Waals surface area (Å²) in [5.41, 5.74) is 0. The molecule has 1 N–H and O–H groups in total. The minimum atomic E-state index is 0.665. The second kappa shape index (κ2) is 6.49. The Labute approximate surface area is 95.4 Å². The van der Waals surface area contributed by atoms with Gasteiger partial charge in [0.2, 0.25) is 0 Å². The van der Waals surface area contributed by atoms with Crippen LogP contribution in [0.15, 0.2) is 0 Å². The maximum atomic E-state index is 3.61. The van der Waals surface area contributed by atoms with Gasteiger partial charge >= 0.3 is 0 Å². The van der Waals surface area contributed by atoms with Gasteiger partial charge in [-0.2, -0.15) is 0 Å². The maximum Gasteiger partial charge on any atom is 0.0224 e. The van der Waals surface area contributed by atoms with Crippen LogP contribution in [0.4, 0.5) is 0 Å². The normalized spacial score (nSPS) is 28.6. The highest BCUT2D eigenvalue weighted by Gasteiger charge is 2.28. The van der Waals surface area contributed by atoms with E-state index in [4.69, 9.17) is 0 Å². The molecule has 15 heavy (non-hydrogen) atoms. The van der Waals surface area contributed by atoms with E-state index in [1.165, 1.54) is 38.8 Å². The predicted molar refractivity (Wildman–Crippen MR) is 67.2 cm³/mol. The van der Waals surface area contributed by atoms with E-state index in [1.807, 2.05) is 0 Å². The fraction of sp³-hybridized carbons (Fsp3) is 1.00. The molecule has 1 heterocycles. The number of nitrogens with zero attached hydrogens (tertiary/aromatic N) is 1. The van der Waals surface area contributed by atoms with Gasteiger partial charge in [-0.1, -0.05) is 27.2 Å². The zero-order chi connectivity index (χ0) is 11.3. The average Bonchev–Trinajstić information content (AvgIpc) is 2.24. The Balaban J connectivity index is 2.59. The van der Waals surface area contributed by atoms with Gasteiger partial charge in [0.25, 0.3) is 0 Å². The lowest BCUT2D eigenvalue weighted by atomic mass is 10.00. The van der Waals surface area contributed by atoms with Gasteiger partial charge < -0.3 is 5.32 Å². The van der Waals surface area contributed by atoms with Crippen LogP contribution in [-0.4, -0.2) is 36.1 Å². The van der Waals surface area contributed by atoms with Crippen molar-refractivity contribution in [3.05, 3.63) is 0 Å². The van der Waals surface area contributed by atoms with Crippen LogP contribution in [0, 0.1) is 0 Å². The molecule has 0 aliphatic carbocycles. The fourth-order valence-electron chi connectivity index (χ4n) is 2.79. The Morgan fingerprint density at radius 3 is 2.47 bits per heavy atom. The van der Waals surface area contributed by atoms with Crippen LogP contribution >= 0.6 is 0 Å². The standard InChI is InChI=1S/C13H28N2/c1-5-8-13-9-14-11(4)10-15(13)12(6-2)7-3/h11-14H,5-10H2,1-4H3. The van der Waals surface area contributed by atoms with Crippen LogP contribution in [0.2, 0.25) is 0 Å². The Hall–Kier alpha value is -0.0800. The molecule has 2 nitrogen and oxygen atoms in total. The number of piperazine rings is 1. The summed E-state index contributed by atoms with van der Waals surface area (Å²) < 4.78 is 0. The van der Waals surface area contributed by atoms with E-state index in [-0.39, 0.29) is 0 Å². The summed E-state index contributed by atoms with van der Waals surface area (Å²) in [5, 5.41) is 3.61. The monoisotopic (exact) mass is 212 g/mol. The average molecular weight is 212 g/mol. The van der Waals surface area contributed by atoms with E-state index in [1.54, 1.807) is 0 Å². The molecule has 2 heteroatoms. The van der Waals surface area contributed by atoms with E-state index in [0.29, 0.717) is 6.04 Å². The number of nitrogens with one attached hydrogen (secondary N) is 1. The molecule has 1 fully saturated rings. The lowest BCUT2D eigenvalue weighted by Gasteiger charge is -2.43. The first kappa shape index (κ1) is 13.0. The number of rotatable bonds is 5. The van der Waals surface area contributed by atoms with Gasteiger partial charge in [-0.15, -0.1) is 0 Å². The lowest BCUT2D eigenvalue weighted by molar-refractivity contribution is 0.0750. The van der Waals surface area contributed by atoms with Gasteiger partial charge in [-0.25, -0.2) is 0 Å². The first-order valence-corrected chi connectivity index (χ1v) is 6.71. The molecular weight excluding hydrogens is 184 g/mol. The van der Waals surface area contributed by atoms with Gasteiger partial charge in [0.15, 0.2) is 0 Å². The maximum absolute atomic E-state index is 3.61. The highest BCUT2D eigenvalue weighted by Crippen LogP contribution is 2.19. The van der Waals surface area contributed by atoms with Crippen molar-refractivity contribution in [2.45, 2.75) is 71.5 Å². The molecule has 0 bridgehead atoms. The van der Waals surface area contributed by atoms with Crippen LogP contribution in [-0.2, 0) is 0 Å².